The van der Waals surface area contributed by atoms with Gasteiger partial charge in [-0.3, -0.25) is 0 Å². The Labute approximate surface area is 85.0 Å². The Hall–Kier alpha value is -1.14. The Morgan fingerprint density at radius 1 is 1.38 bits per heavy atom. The Bertz CT molecular complexity index is 473. The smallest absolute Gasteiger partial charge is 0.208 e. The maximum Gasteiger partial charge on any atom is 0.242 e. The van der Waals surface area contributed by atoms with E-state index in [1.807, 2.05) is 24.3 Å². The molecule has 0 aliphatic rings. The van der Waals surface area contributed by atoms with E-state index in [1.54, 1.807) is 4.68 Å². The second-order valence-corrected chi connectivity index (χ2v) is 3.25. The van der Waals surface area contributed by atoms with Crippen molar-refractivity contribution in [1.82, 2.24) is 20.2 Å². The fraction of sp³-hybridized carbons (Fsp3) is 0. The molecule has 2 aromatic rings. The number of nitrogens with zero attached hydrogens (tertiary/aromatic N) is 3. The second-order valence-electron chi connectivity index (χ2n) is 2.41. The lowest BCUT2D eigenvalue weighted by Gasteiger charge is -2.02. The SMILES string of the molecule is S=c1nn[nH]n1-c1ccccc1S. The Morgan fingerprint density at radius 2 is 2.15 bits per heavy atom. The largest absolute Gasteiger partial charge is 0.242 e. The van der Waals surface area contributed by atoms with Crippen molar-refractivity contribution in [3.8, 4) is 5.69 Å². The molecule has 0 spiro atoms. The van der Waals surface area contributed by atoms with Gasteiger partial charge in [0.15, 0.2) is 0 Å². The molecule has 0 saturated heterocycles. The topological polar surface area (TPSA) is 46.5 Å². The Kier molecular flexibility index (Phi) is 2.15. The van der Waals surface area contributed by atoms with Crippen molar-refractivity contribution in [2.24, 2.45) is 0 Å². The number of thiol groups is 1. The van der Waals surface area contributed by atoms with E-state index in [0.29, 0.717) is 4.77 Å². The number of tetrazole rings is 1. The van der Waals surface area contributed by atoms with Crippen LogP contribution in [0.25, 0.3) is 5.69 Å². The average molecular weight is 210 g/mol. The first-order chi connectivity index (χ1) is 6.29. The Morgan fingerprint density at radius 3 is 2.77 bits per heavy atom. The van der Waals surface area contributed by atoms with Gasteiger partial charge in [-0.2, -0.15) is 5.21 Å². The number of para-hydroxylation sites is 1. The number of H-pyrrole nitrogens is 1. The molecular weight excluding hydrogens is 204 g/mol. The van der Waals surface area contributed by atoms with Gasteiger partial charge in [0.25, 0.3) is 0 Å². The van der Waals surface area contributed by atoms with Crippen LogP contribution in [0.5, 0.6) is 0 Å². The lowest BCUT2D eigenvalue weighted by atomic mass is 10.3. The molecule has 0 unspecified atom stereocenters. The molecule has 1 N–H and O–H groups in total. The van der Waals surface area contributed by atoms with Crippen molar-refractivity contribution in [1.29, 1.82) is 0 Å². The van der Waals surface area contributed by atoms with Gasteiger partial charge in [-0.25, -0.2) is 4.68 Å². The molecule has 0 saturated carbocycles. The summed E-state index contributed by atoms with van der Waals surface area (Å²) in [6.45, 7) is 0. The summed E-state index contributed by atoms with van der Waals surface area (Å²) in [5, 5.41) is 9.93. The summed E-state index contributed by atoms with van der Waals surface area (Å²) in [6, 6.07) is 7.57. The van der Waals surface area contributed by atoms with E-state index in [2.05, 4.69) is 28.2 Å². The van der Waals surface area contributed by atoms with Crippen LogP contribution in [0.15, 0.2) is 29.2 Å². The number of hydrogen-bond acceptors (Lipinski definition) is 4. The van der Waals surface area contributed by atoms with Gasteiger partial charge in [0.1, 0.15) is 0 Å². The van der Waals surface area contributed by atoms with Gasteiger partial charge < -0.3 is 0 Å². The summed E-state index contributed by atoms with van der Waals surface area (Å²) < 4.78 is 1.99. The van der Waals surface area contributed by atoms with Gasteiger partial charge in [0.2, 0.25) is 4.77 Å². The first-order valence-corrected chi connectivity index (χ1v) is 4.43. The van der Waals surface area contributed by atoms with Crippen LogP contribution in [0.1, 0.15) is 0 Å². The monoisotopic (exact) mass is 210 g/mol. The van der Waals surface area contributed by atoms with Crippen molar-refractivity contribution in [3.05, 3.63) is 29.0 Å². The van der Waals surface area contributed by atoms with Gasteiger partial charge in [0, 0.05) is 4.90 Å². The lowest BCUT2D eigenvalue weighted by molar-refractivity contribution is 0.776. The predicted molar refractivity (Wildman–Crippen MR) is 53.8 cm³/mol. The van der Waals surface area contributed by atoms with E-state index >= 15 is 0 Å². The van der Waals surface area contributed by atoms with Gasteiger partial charge in [0.05, 0.1) is 5.69 Å². The van der Waals surface area contributed by atoms with Crippen molar-refractivity contribution in [3.63, 3.8) is 0 Å². The minimum absolute atomic E-state index is 0.390. The van der Waals surface area contributed by atoms with Crippen LogP contribution in [0.2, 0.25) is 0 Å². The highest BCUT2D eigenvalue weighted by atomic mass is 32.1. The molecule has 1 heterocycles. The number of rotatable bonds is 1. The summed E-state index contributed by atoms with van der Waals surface area (Å²) in [7, 11) is 0. The number of benzene rings is 1. The second kappa shape index (κ2) is 3.31. The summed E-state index contributed by atoms with van der Waals surface area (Å²) in [5.74, 6) is 0. The highest BCUT2D eigenvalue weighted by molar-refractivity contribution is 7.80. The average Bonchev–Trinajstić information content (AvgIpc) is 2.52. The number of hydrogen-bond donors (Lipinski definition) is 2. The molecule has 0 aliphatic carbocycles. The molecule has 1 aromatic carbocycles. The maximum absolute atomic E-state index is 4.95. The highest BCUT2D eigenvalue weighted by Gasteiger charge is 2.01. The van der Waals surface area contributed by atoms with Crippen LogP contribution >= 0.6 is 24.8 Å². The van der Waals surface area contributed by atoms with Crippen LogP contribution in [-0.2, 0) is 0 Å². The molecule has 2 rings (SSSR count). The zero-order chi connectivity index (χ0) is 9.26. The molecule has 0 radical (unpaired) electrons. The van der Waals surface area contributed by atoms with Gasteiger partial charge >= 0.3 is 0 Å². The molecular formula is C7H6N4S2. The molecule has 4 nitrogen and oxygen atoms in total. The van der Waals surface area contributed by atoms with E-state index in [4.69, 9.17) is 12.2 Å². The molecule has 1 aromatic heterocycles. The quantitative estimate of drug-likeness (QED) is 0.555. The van der Waals surface area contributed by atoms with Crippen LogP contribution in [0.3, 0.4) is 0 Å². The molecule has 6 heteroatoms. The molecule has 66 valence electrons. The molecule has 0 atom stereocenters. The first kappa shape index (κ1) is 8.46. The third-order valence-corrected chi connectivity index (χ3v) is 2.24. The standard InChI is InChI=1S/C7H6N4S2/c12-6-4-2-1-3-5(6)11-7(13)8-9-10-11/h1-4,12H,(H,8,10,13). The number of nitrogens with one attached hydrogen (secondary N) is 1. The zero-order valence-corrected chi connectivity index (χ0v) is 8.22. The Balaban J connectivity index is 2.66. The third-order valence-electron chi connectivity index (χ3n) is 1.59. The molecule has 0 bridgehead atoms. The molecule has 0 fully saturated rings. The molecule has 0 aliphatic heterocycles. The summed E-state index contributed by atoms with van der Waals surface area (Å²) in [4.78, 5) is 0.824. The summed E-state index contributed by atoms with van der Waals surface area (Å²) >= 11 is 9.24. The van der Waals surface area contributed by atoms with Crippen molar-refractivity contribution in [2.75, 3.05) is 0 Å². The first-order valence-electron chi connectivity index (χ1n) is 3.57. The van der Waals surface area contributed by atoms with E-state index in [1.165, 1.54) is 0 Å². The maximum atomic E-state index is 4.95. The zero-order valence-electron chi connectivity index (χ0n) is 6.51. The highest BCUT2D eigenvalue weighted by Crippen LogP contribution is 2.16. The van der Waals surface area contributed by atoms with E-state index in [-0.39, 0.29) is 0 Å². The van der Waals surface area contributed by atoms with Gasteiger partial charge in [-0.15, -0.1) is 12.6 Å². The number of aromatic amines is 1. The van der Waals surface area contributed by atoms with Crippen LogP contribution in [0.4, 0.5) is 0 Å². The molecule has 0 amide bonds. The third kappa shape index (κ3) is 1.50. The van der Waals surface area contributed by atoms with Crippen molar-refractivity contribution >= 4 is 24.8 Å². The van der Waals surface area contributed by atoms with E-state index in [9.17, 15) is 0 Å². The fourth-order valence-electron chi connectivity index (χ4n) is 1.01. The van der Waals surface area contributed by atoms with Crippen molar-refractivity contribution in [2.45, 2.75) is 4.90 Å². The van der Waals surface area contributed by atoms with E-state index < -0.39 is 0 Å². The number of aromatic nitrogens is 4. The van der Waals surface area contributed by atoms with Gasteiger partial charge in [-0.05, 0) is 24.4 Å². The summed E-state index contributed by atoms with van der Waals surface area (Å²) in [5.41, 5.74) is 0.848. The van der Waals surface area contributed by atoms with Crippen LogP contribution in [-0.4, -0.2) is 20.2 Å². The predicted octanol–water partition coefficient (Wildman–Crippen LogP) is 1.61. The van der Waals surface area contributed by atoms with Crippen LogP contribution < -0.4 is 0 Å². The van der Waals surface area contributed by atoms with Crippen LogP contribution in [0, 0.1) is 4.77 Å². The minimum atomic E-state index is 0.390. The van der Waals surface area contributed by atoms with Gasteiger partial charge in [-0.1, -0.05) is 22.4 Å². The van der Waals surface area contributed by atoms with E-state index in [0.717, 1.165) is 10.6 Å². The fourth-order valence-corrected chi connectivity index (χ4v) is 1.45. The lowest BCUT2D eigenvalue weighted by Crippen LogP contribution is -1.97. The minimum Gasteiger partial charge on any atom is -0.208 e. The van der Waals surface area contributed by atoms with Crippen molar-refractivity contribution < 1.29 is 0 Å². The summed E-state index contributed by atoms with van der Waals surface area (Å²) in [6.07, 6.45) is 0. The molecule has 13 heavy (non-hydrogen) atoms. The normalized spacial score (nSPS) is 10.2.